The van der Waals surface area contributed by atoms with Crippen LogP contribution in [0.4, 0.5) is 24.0 Å². The zero-order chi connectivity index (χ0) is 19.2. The number of benzene rings is 1. The lowest BCUT2D eigenvalue weighted by molar-refractivity contribution is -0.274. The average molecular weight is 404 g/mol. The minimum Gasteiger partial charge on any atom is -0.406 e. The van der Waals surface area contributed by atoms with E-state index in [-0.39, 0.29) is 16.9 Å². The van der Waals surface area contributed by atoms with Crippen LogP contribution in [0.2, 0.25) is 0 Å². The van der Waals surface area contributed by atoms with Crippen molar-refractivity contribution >= 4 is 39.8 Å². The lowest BCUT2D eigenvalue weighted by atomic mass is 10.3. The Morgan fingerprint density at radius 3 is 2.69 bits per heavy atom. The van der Waals surface area contributed by atoms with Crippen molar-refractivity contribution in [1.82, 2.24) is 15.5 Å². The molecular formula is C15H15F3N4O2S2. The standard InChI is InChI=1S/C15H15F3N4O2S2/c1-3-8-19-12(23)9(2)25-14-22-21-13(26-14)20-10-4-6-11(7-5-10)24-15(16,17)18/h3-7,9H,1,8H2,2H3,(H,19,23)(H,20,21)/t9-/m1/s1. The zero-order valence-corrected chi connectivity index (χ0v) is 15.2. The Morgan fingerprint density at radius 1 is 1.38 bits per heavy atom. The van der Waals surface area contributed by atoms with Gasteiger partial charge in [-0.1, -0.05) is 29.2 Å². The lowest BCUT2D eigenvalue weighted by Gasteiger charge is -2.09. The molecule has 0 radical (unpaired) electrons. The van der Waals surface area contributed by atoms with Crippen LogP contribution in [-0.2, 0) is 4.79 Å². The maximum absolute atomic E-state index is 12.1. The number of hydrogen-bond donors (Lipinski definition) is 2. The van der Waals surface area contributed by atoms with E-state index in [9.17, 15) is 18.0 Å². The summed E-state index contributed by atoms with van der Waals surface area (Å²) in [5.41, 5.74) is 0.531. The maximum Gasteiger partial charge on any atom is 0.573 e. The number of carbonyl (C=O) groups excluding carboxylic acids is 1. The van der Waals surface area contributed by atoms with E-state index in [2.05, 4.69) is 32.1 Å². The van der Waals surface area contributed by atoms with Crippen molar-refractivity contribution in [2.75, 3.05) is 11.9 Å². The topological polar surface area (TPSA) is 76.1 Å². The molecule has 11 heteroatoms. The number of anilines is 2. The van der Waals surface area contributed by atoms with Crippen LogP contribution in [0, 0.1) is 0 Å². The molecule has 1 heterocycles. The molecule has 1 aromatic heterocycles. The van der Waals surface area contributed by atoms with Crippen molar-refractivity contribution in [3.8, 4) is 5.75 Å². The van der Waals surface area contributed by atoms with Gasteiger partial charge in [0.1, 0.15) is 5.75 Å². The van der Waals surface area contributed by atoms with E-state index < -0.39 is 6.36 Å². The van der Waals surface area contributed by atoms with Crippen LogP contribution in [0.1, 0.15) is 6.92 Å². The monoisotopic (exact) mass is 404 g/mol. The van der Waals surface area contributed by atoms with Gasteiger partial charge in [-0.2, -0.15) is 0 Å². The highest BCUT2D eigenvalue weighted by molar-refractivity contribution is 8.02. The van der Waals surface area contributed by atoms with Crippen molar-refractivity contribution < 1.29 is 22.7 Å². The minimum atomic E-state index is -4.73. The first-order valence-corrected chi connectivity index (χ1v) is 8.98. The molecule has 0 aliphatic carbocycles. The molecule has 0 spiro atoms. The fourth-order valence-corrected chi connectivity index (χ4v) is 3.63. The summed E-state index contributed by atoms with van der Waals surface area (Å²) >= 11 is 2.49. The average Bonchev–Trinajstić information content (AvgIpc) is 3.00. The molecule has 2 aromatic rings. The molecule has 0 fully saturated rings. The van der Waals surface area contributed by atoms with Gasteiger partial charge >= 0.3 is 6.36 Å². The number of alkyl halides is 3. The van der Waals surface area contributed by atoms with E-state index in [1.54, 1.807) is 13.0 Å². The highest BCUT2D eigenvalue weighted by Gasteiger charge is 2.30. The Balaban J connectivity index is 1.91. The Kier molecular flexibility index (Phi) is 6.86. The fourth-order valence-electron chi connectivity index (χ4n) is 1.69. The van der Waals surface area contributed by atoms with E-state index in [1.165, 1.54) is 47.4 Å². The van der Waals surface area contributed by atoms with Crippen LogP contribution in [0.3, 0.4) is 0 Å². The molecule has 2 N–H and O–H groups in total. The van der Waals surface area contributed by atoms with Crippen LogP contribution in [0.15, 0.2) is 41.3 Å². The van der Waals surface area contributed by atoms with E-state index in [0.717, 1.165) is 0 Å². The van der Waals surface area contributed by atoms with Crippen molar-refractivity contribution in [3.63, 3.8) is 0 Å². The van der Waals surface area contributed by atoms with Gasteiger partial charge in [0, 0.05) is 12.2 Å². The Bertz CT molecular complexity index is 750. The summed E-state index contributed by atoms with van der Waals surface area (Å²) in [5, 5.41) is 13.6. The van der Waals surface area contributed by atoms with Crippen LogP contribution < -0.4 is 15.4 Å². The summed E-state index contributed by atoms with van der Waals surface area (Å²) in [6.07, 6.45) is -3.14. The molecule has 0 saturated carbocycles. The van der Waals surface area contributed by atoms with E-state index in [0.29, 0.717) is 21.7 Å². The Hall–Kier alpha value is -2.27. The number of amides is 1. The smallest absolute Gasteiger partial charge is 0.406 e. The van der Waals surface area contributed by atoms with Gasteiger partial charge in [0.15, 0.2) is 4.34 Å². The van der Waals surface area contributed by atoms with Crippen molar-refractivity contribution in [2.45, 2.75) is 22.9 Å². The summed E-state index contributed by atoms with van der Waals surface area (Å²) in [5.74, 6) is -0.448. The molecule has 1 amide bonds. The summed E-state index contributed by atoms with van der Waals surface area (Å²) in [6.45, 7) is 5.66. The number of rotatable bonds is 8. The quantitative estimate of drug-likeness (QED) is 0.512. The molecule has 26 heavy (non-hydrogen) atoms. The summed E-state index contributed by atoms with van der Waals surface area (Å²) < 4.78 is 40.8. The second-order valence-corrected chi connectivity index (χ2v) is 7.43. The summed E-state index contributed by atoms with van der Waals surface area (Å²) in [4.78, 5) is 11.8. The van der Waals surface area contributed by atoms with Gasteiger partial charge in [-0.05, 0) is 31.2 Å². The molecule has 0 aliphatic heterocycles. The predicted octanol–water partition coefficient (Wildman–Crippen LogP) is 3.96. The molecule has 2 rings (SSSR count). The molecule has 6 nitrogen and oxygen atoms in total. The molecule has 0 bridgehead atoms. The fraction of sp³-hybridized carbons (Fsp3) is 0.267. The maximum atomic E-state index is 12.1. The van der Waals surface area contributed by atoms with Gasteiger partial charge in [-0.25, -0.2) is 0 Å². The minimum absolute atomic E-state index is 0.139. The molecule has 140 valence electrons. The van der Waals surface area contributed by atoms with Gasteiger partial charge in [0.05, 0.1) is 5.25 Å². The first-order chi connectivity index (χ1) is 12.3. The molecule has 1 aromatic carbocycles. The number of ether oxygens (including phenoxy) is 1. The van der Waals surface area contributed by atoms with Gasteiger partial charge in [0.25, 0.3) is 0 Å². The molecule has 0 saturated heterocycles. The van der Waals surface area contributed by atoms with Crippen molar-refractivity contribution in [2.24, 2.45) is 0 Å². The van der Waals surface area contributed by atoms with Crippen molar-refractivity contribution in [3.05, 3.63) is 36.9 Å². The third-order valence-electron chi connectivity index (χ3n) is 2.81. The van der Waals surface area contributed by atoms with Gasteiger partial charge in [-0.3, -0.25) is 4.79 Å². The number of nitrogens with one attached hydrogen (secondary N) is 2. The zero-order valence-electron chi connectivity index (χ0n) is 13.5. The van der Waals surface area contributed by atoms with Crippen molar-refractivity contribution in [1.29, 1.82) is 0 Å². The molecule has 0 aliphatic rings. The Labute approximate surface area is 155 Å². The number of thioether (sulfide) groups is 1. The van der Waals surface area contributed by atoms with E-state index in [4.69, 9.17) is 0 Å². The number of aromatic nitrogens is 2. The highest BCUT2D eigenvalue weighted by atomic mass is 32.2. The first-order valence-electron chi connectivity index (χ1n) is 7.28. The molecule has 0 unspecified atom stereocenters. The number of halogens is 3. The van der Waals surface area contributed by atoms with Gasteiger partial charge in [0.2, 0.25) is 11.0 Å². The lowest BCUT2D eigenvalue weighted by Crippen LogP contribution is -2.30. The number of hydrogen-bond acceptors (Lipinski definition) is 7. The predicted molar refractivity (Wildman–Crippen MR) is 94.8 cm³/mol. The second-order valence-electron chi connectivity index (χ2n) is 4.86. The number of carbonyl (C=O) groups is 1. The normalized spacial score (nSPS) is 12.3. The Morgan fingerprint density at radius 2 is 2.08 bits per heavy atom. The third-order valence-corrected chi connectivity index (χ3v) is 4.84. The molecular weight excluding hydrogens is 389 g/mol. The van der Waals surface area contributed by atoms with E-state index >= 15 is 0 Å². The van der Waals surface area contributed by atoms with Crippen LogP contribution in [0.5, 0.6) is 5.75 Å². The highest BCUT2D eigenvalue weighted by Crippen LogP contribution is 2.31. The van der Waals surface area contributed by atoms with Crippen LogP contribution in [-0.4, -0.2) is 34.3 Å². The summed E-state index contributed by atoms with van der Waals surface area (Å²) in [6, 6.07) is 5.25. The van der Waals surface area contributed by atoms with Gasteiger partial charge < -0.3 is 15.4 Å². The molecule has 1 atom stereocenters. The third kappa shape index (κ3) is 6.56. The SMILES string of the molecule is C=CCNC(=O)[C@@H](C)Sc1nnc(Nc2ccc(OC(F)(F)F)cc2)s1. The van der Waals surface area contributed by atoms with Crippen LogP contribution in [0.25, 0.3) is 0 Å². The number of nitrogens with zero attached hydrogens (tertiary/aromatic N) is 2. The second kappa shape index (κ2) is 8.90. The first kappa shape index (κ1) is 20.0. The van der Waals surface area contributed by atoms with Crippen LogP contribution >= 0.6 is 23.1 Å². The van der Waals surface area contributed by atoms with E-state index in [1.807, 2.05) is 0 Å². The van der Waals surface area contributed by atoms with Gasteiger partial charge in [-0.15, -0.1) is 29.9 Å². The summed E-state index contributed by atoms with van der Waals surface area (Å²) in [7, 11) is 0. The largest absolute Gasteiger partial charge is 0.573 e.